The summed E-state index contributed by atoms with van der Waals surface area (Å²) in [6, 6.07) is 0.456. The first kappa shape index (κ1) is 7.25. The van der Waals surface area contributed by atoms with Gasteiger partial charge in [-0.05, 0) is 7.05 Å². The molecule has 3 saturated heterocycles. The van der Waals surface area contributed by atoms with Crippen LogP contribution >= 0.6 is 0 Å². The van der Waals surface area contributed by atoms with E-state index < -0.39 is 0 Å². The molecule has 62 valence electrons. The zero-order valence-electron chi connectivity index (χ0n) is 7.00. The maximum atomic E-state index is 11.3. The highest BCUT2D eigenvalue weighted by atomic mass is 16.1. The molecule has 0 aromatic heterocycles. The Hall–Kier alpha value is -0.410. The molecule has 0 saturated carbocycles. The summed E-state index contributed by atoms with van der Waals surface area (Å²) < 4.78 is 0. The highest BCUT2D eigenvalue weighted by Gasteiger charge is 2.52. The van der Waals surface area contributed by atoms with Crippen LogP contribution in [-0.2, 0) is 4.79 Å². The Morgan fingerprint density at radius 2 is 2.45 bits per heavy atom. The van der Waals surface area contributed by atoms with Gasteiger partial charge in [-0.25, -0.2) is 0 Å². The first-order valence-electron chi connectivity index (χ1n) is 4.23. The van der Waals surface area contributed by atoms with Gasteiger partial charge < -0.3 is 0 Å². The lowest BCUT2D eigenvalue weighted by molar-refractivity contribution is -0.127. The maximum absolute atomic E-state index is 11.3. The summed E-state index contributed by atoms with van der Waals surface area (Å²) in [5.74, 6) is 0.716. The third-order valence-electron chi connectivity index (χ3n) is 2.84. The van der Waals surface area contributed by atoms with Crippen molar-refractivity contribution >= 4 is 5.78 Å². The quantitative estimate of drug-likeness (QED) is 0.599. The standard InChI is InChI=1S/C8H14N2O/c1-3-6(11)7-5-4-10(2)8(7)9-5/h5,7-9H,3-4H2,1-2H3. The molecule has 0 amide bonds. The summed E-state index contributed by atoms with van der Waals surface area (Å²) >= 11 is 0. The number of nitrogens with one attached hydrogen (secondary N) is 1. The molecule has 1 N–H and O–H groups in total. The lowest BCUT2D eigenvalue weighted by Gasteiger charge is -2.36. The molecule has 11 heavy (non-hydrogen) atoms. The number of fused-ring (bicyclic) bond motifs is 1. The van der Waals surface area contributed by atoms with Gasteiger partial charge in [0.2, 0.25) is 0 Å². The summed E-state index contributed by atoms with van der Waals surface area (Å²) in [5, 5.41) is 3.34. The van der Waals surface area contributed by atoms with Crippen LogP contribution in [0.5, 0.6) is 0 Å². The Morgan fingerprint density at radius 3 is 2.82 bits per heavy atom. The monoisotopic (exact) mass is 154 g/mol. The number of Topliss-reactive ketones (excluding diaryl/α,β-unsaturated/α-hetero) is 1. The highest BCUT2D eigenvalue weighted by Crippen LogP contribution is 2.32. The lowest BCUT2D eigenvalue weighted by atomic mass is 9.87. The third-order valence-corrected chi connectivity index (χ3v) is 2.84. The number of rotatable bonds is 2. The fourth-order valence-corrected chi connectivity index (χ4v) is 2.16. The molecule has 2 bridgehead atoms. The van der Waals surface area contributed by atoms with Crippen molar-refractivity contribution in [3.8, 4) is 0 Å². The normalized spacial score (nSPS) is 42.2. The Bertz CT molecular complexity index is 193. The summed E-state index contributed by atoms with van der Waals surface area (Å²) in [6.07, 6.45) is 1.04. The zero-order chi connectivity index (χ0) is 8.01. The van der Waals surface area contributed by atoms with E-state index in [1.54, 1.807) is 0 Å². The largest absolute Gasteiger partial charge is 0.299 e. The van der Waals surface area contributed by atoms with Crippen LogP contribution in [0.15, 0.2) is 0 Å². The molecule has 3 aliphatic rings. The van der Waals surface area contributed by atoms with E-state index in [0.717, 1.165) is 6.54 Å². The maximum Gasteiger partial charge on any atom is 0.140 e. The molecule has 3 fully saturated rings. The molecular formula is C8H14N2O. The van der Waals surface area contributed by atoms with Gasteiger partial charge in [0.15, 0.2) is 0 Å². The molecule has 3 nitrogen and oxygen atoms in total. The Morgan fingerprint density at radius 1 is 1.73 bits per heavy atom. The first-order chi connectivity index (χ1) is 5.24. The van der Waals surface area contributed by atoms with E-state index in [1.807, 2.05) is 6.92 Å². The minimum Gasteiger partial charge on any atom is -0.299 e. The molecule has 3 rings (SSSR count). The topological polar surface area (TPSA) is 32.3 Å². The number of nitrogens with zero attached hydrogens (tertiary/aromatic N) is 1. The second-order valence-electron chi connectivity index (χ2n) is 3.50. The van der Waals surface area contributed by atoms with Crippen LogP contribution in [0.25, 0.3) is 0 Å². The molecule has 0 aromatic carbocycles. The van der Waals surface area contributed by atoms with Crippen molar-refractivity contribution in [2.45, 2.75) is 25.6 Å². The van der Waals surface area contributed by atoms with Crippen molar-refractivity contribution in [3.05, 3.63) is 0 Å². The summed E-state index contributed by atoms with van der Waals surface area (Å²) in [6.45, 7) is 2.99. The molecule has 3 heteroatoms. The number of likely N-dealkylation sites (N-methyl/N-ethyl adjacent to an activating group) is 1. The predicted octanol–water partition coefficient (Wildman–Crippen LogP) is -0.175. The highest BCUT2D eigenvalue weighted by molar-refractivity contribution is 5.83. The molecular weight excluding hydrogens is 140 g/mol. The number of hydrogen-bond acceptors (Lipinski definition) is 3. The number of hydrogen-bond donors (Lipinski definition) is 1. The van der Waals surface area contributed by atoms with E-state index >= 15 is 0 Å². The fourth-order valence-electron chi connectivity index (χ4n) is 2.16. The Labute approximate surface area is 66.8 Å². The number of ketones is 1. The second-order valence-corrected chi connectivity index (χ2v) is 3.50. The fraction of sp³-hybridized carbons (Fsp3) is 0.875. The van der Waals surface area contributed by atoms with E-state index in [4.69, 9.17) is 0 Å². The van der Waals surface area contributed by atoms with Gasteiger partial charge in [0, 0.05) is 19.0 Å². The van der Waals surface area contributed by atoms with Crippen LogP contribution in [-0.4, -0.2) is 36.5 Å². The van der Waals surface area contributed by atoms with Gasteiger partial charge in [-0.2, -0.15) is 0 Å². The predicted molar refractivity (Wildman–Crippen MR) is 42.1 cm³/mol. The van der Waals surface area contributed by atoms with Crippen LogP contribution < -0.4 is 5.32 Å². The van der Waals surface area contributed by atoms with Gasteiger partial charge in [-0.3, -0.25) is 15.0 Å². The van der Waals surface area contributed by atoms with Crippen LogP contribution in [0.4, 0.5) is 0 Å². The van der Waals surface area contributed by atoms with E-state index in [2.05, 4.69) is 17.3 Å². The SMILES string of the molecule is CCC(=O)C1C2CN(C)C1N2. The van der Waals surface area contributed by atoms with Gasteiger partial charge >= 0.3 is 0 Å². The van der Waals surface area contributed by atoms with Crippen molar-refractivity contribution in [2.24, 2.45) is 5.92 Å². The minimum absolute atomic E-state index is 0.296. The molecule has 0 radical (unpaired) electrons. The molecule has 0 spiro atoms. The summed E-state index contributed by atoms with van der Waals surface area (Å²) in [4.78, 5) is 13.6. The van der Waals surface area contributed by atoms with Crippen LogP contribution in [0.3, 0.4) is 0 Å². The van der Waals surface area contributed by atoms with Crippen molar-refractivity contribution < 1.29 is 4.79 Å². The van der Waals surface area contributed by atoms with Crippen molar-refractivity contribution in [2.75, 3.05) is 13.6 Å². The van der Waals surface area contributed by atoms with E-state index in [-0.39, 0.29) is 0 Å². The van der Waals surface area contributed by atoms with Gasteiger partial charge in [0.05, 0.1) is 12.1 Å². The van der Waals surface area contributed by atoms with E-state index in [9.17, 15) is 4.79 Å². The molecule has 3 unspecified atom stereocenters. The van der Waals surface area contributed by atoms with E-state index in [0.29, 0.717) is 30.3 Å². The second kappa shape index (κ2) is 2.29. The summed E-state index contributed by atoms with van der Waals surface area (Å²) in [7, 11) is 2.07. The van der Waals surface area contributed by atoms with Crippen LogP contribution in [0.2, 0.25) is 0 Å². The lowest BCUT2D eigenvalue weighted by Crippen LogP contribution is -2.59. The van der Waals surface area contributed by atoms with Gasteiger partial charge in [-0.15, -0.1) is 0 Å². The molecule has 3 aliphatic heterocycles. The number of carbonyl (C=O) groups excluding carboxylic acids is 1. The minimum atomic E-state index is 0.296. The smallest absolute Gasteiger partial charge is 0.140 e. The number of carbonyl (C=O) groups is 1. The molecule has 3 heterocycles. The Balaban J connectivity index is 2.05. The van der Waals surface area contributed by atoms with Crippen molar-refractivity contribution in [1.82, 2.24) is 10.2 Å². The third kappa shape index (κ3) is 0.844. The summed E-state index contributed by atoms with van der Waals surface area (Å²) in [5.41, 5.74) is 0. The van der Waals surface area contributed by atoms with Gasteiger partial charge in [-0.1, -0.05) is 6.92 Å². The zero-order valence-corrected chi connectivity index (χ0v) is 7.00. The van der Waals surface area contributed by atoms with Gasteiger partial charge in [0.1, 0.15) is 5.78 Å². The van der Waals surface area contributed by atoms with Crippen molar-refractivity contribution in [1.29, 1.82) is 0 Å². The van der Waals surface area contributed by atoms with Crippen LogP contribution in [0, 0.1) is 5.92 Å². The molecule has 0 aliphatic carbocycles. The van der Waals surface area contributed by atoms with Gasteiger partial charge in [0.25, 0.3) is 0 Å². The first-order valence-corrected chi connectivity index (χ1v) is 4.23. The van der Waals surface area contributed by atoms with Crippen molar-refractivity contribution in [3.63, 3.8) is 0 Å². The van der Waals surface area contributed by atoms with Crippen LogP contribution in [0.1, 0.15) is 13.3 Å². The average Bonchev–Trinajstić information content (AvgIpc) is 2.43. The average molecular weight is 154 g/mol. The van der Waals surface area contributed by atoms with E-state index in [1.165, 1.54) is 0 Å². The molecule has 3 atom stereocenters. The Kier molecular flexibility index (Phi) is 1.51. The molecule has 0 aromatic rings.